The number of primary amides is 1. The fourth-order valence-corrected chi connectivity index (χ4v) is 5.10. The summed E-state index contributed by atoms with van der Waals surface area (Å²) in [4.78, 5) is 25.6. The molecular weight excluding hydrogens is 358 g/mol. The van der Waals surface area contributed by atoms with E-state index in [0.29, 0.717) is 15.7 Å². The van der Waals surface area contributed by atoms with Crippen LogP contribution < -0.4 is 11.1 Å². The van der Waals surface area contributed by atoms with Crippen LogP contribution >= 0.6 is 23.1 Å². The summed E-state index contributed by atoms with van der Waals surface area (Å²) in [5.74, 6) is -0.653. The molecule has 2 aromatic rings. The molecule has 0 saturated carbocycles. The smallest absolute Gasteiger partial charge is 0.251 e. The monoisotopic (exact) mass is 379 g/mol. The van der Waals surface area contributed by atoms with Gasteiger partial charge >= 0.3 is 0 Å². The summed E-state index contributed by atoms with van der Waals surface area (Å²) in [5, 5.41) is 11.8. The zero-order chi connectivity index (χ0) is 18.1. The van der Waals surface area contributed by atoms with Crippen LogP contribution in [0.4, 0.5) is 5.00 Å². The summed E-state index contributed by atoms with van der Waals surface area (Å²) >= 11 is 2.81. The van der Waals surface area contributed by atoms with Gasteiger partial charge in [0.2, 0.25) is 5.91 Å². The van der Waals surface area contributed by atoms with Crippen molar-refractivity contribution >= 4 is 39.9 Å². The highest BCUT2D eigenvalue weighted by molar-refractivity contribution is 8.00. The van der Waals surface area contributed by atoms with Crippen molar-refractivity contribution in [1.29, 1.82) is 0 Å². The minimum atomic E-state index is -0.477. The average molecular weight is 380 g/mol. The lowest BCUT2D eigenvalue weighted by Gasteiger charge is -2.14. The molecule has 0 aromatic carbocycles. The molecule has 134 valence electrons. The van der Waals surface area contributed by atoms with Crippen LogP contribution in [0.2, 0.25) is 0 Å². The highest BCUT2D eigenvalue weighted by Crippen LogP contribution is 2.39. The molecule has 1 atom stereocenters. The van der Waals surface area contributed by atoms with Gasteiger partial charge in [-0.15, -0.1) is 21.5 Å². The molecule has 1 aliphatic rings. The van der Waals surface area contributed by atoms with Gasteiger partial charge in [0, 0.05) is 10.9 Å². The van der Waals surface area contributed by atoms with Gasteiger partial charge in [0.25, 0.3) is 5.91 Å². The molecule has 0 fully saturated rings. The minimum absolute atomic E-state index is 0.175. The highest BCUT2D eigenvalue weighted by atomic mass is 32.2. The van der Waals surface area contributed by atoms with Gasteiger partial charge in [-0.1, -0.05) is 11.8 Å². The van der Waals surface area contributed by atoms with Crippen molar-refractivity contribution in [3.8, 4) is 0 Å². The number of amides is 2. The van der Waals surface area contributed by atoms with E-state index in [1.54, 1.807) is 6.33 Å². The van der Waals surface area contributed by atoms with Crippen LogP contribution in [0.3, 0.4) is 0 Å². The number of carbonyl (C=O) groups is 2. The van der Waals surface area contributed by atoms with E-state index in [9.17, 15) is 9.59 Å². The number of hydrogen-bond donors (Lipinski definition) is 2. The first-order chi connectivity index (χ1) is 11.9. The van der Waals surface area contributed by atoms with Gasteiger partial charge in [-0.3, -0.25) is 9.59 Å². The van der Waals surface area contributed by atoms with Crippen LogP contribution in [0.15, 0.2) is 11.5 Å². The average Bonchev–Trinajstić information content (AvgIpc) is 3.21. The molecule has 9 heteroatoms. The fraction of sp³-hybridized carbons (Fsp3) is 0.500. The Kier molecular flexibility index (Phi) is 5.14. The van der Waals surface area contributed by atoms with Crippen LogP contribution in [-0.2, 0) is 17.6 Å². The zero-order valence-corrected chi connectivity index (χ0v) is 16.0. The van der Waals surface area contributed by atoms with E-state index in [0.717, 1.165) is 29.7 Å². The normalized spacial score (nSPS) is 14.6. The predicted octanol–water partition coefficient (Wildman–Crippen LogP) is 2.63. The summed E-state index contributed by atoms with van der Waals surface area (Å²) in [5.41, 5.74) is 7.02. The molecule has 2 heterocycles. The molecular formula is C16H21N5O2S2. The predicted molar refractivity (Wildman–Crippen MR) is 99.2 cm³/mol. The Hall–Kier alpha value is -1.87. The molecule has 0 aliphatic heterocycles. The van der Waals surface area contributed by atoms with E-state index in [1.807, 2.05) is 25.3 Å². The molecule has 0 spiro atoms. The second-order valence-corrected chi connectivity index (χ2v) is 8.70. The van der Waals surface area contributed by atoms with Crippen molar-refractivity contribution in [1.82, 2.24) is 14.8 Å². The zero-order valence-electron chi connectivity index (χ0n) is 14.4. The quantitative estimate of drug-likeness (QED) is 0.751. The third-order valence-electron chi connectivity index (χ3n) is 4.15. The summed E-state index contributed by atoms with van der Waals surface area (Å²) in [6.45, 7) is 5.87. The van der Waals surface area contributed by atoms with Crippen molar-refractivity contribution in [2.24, 2.45) is 5.73 Å². The first-order valence-electron chi connectivity index (χ1n) is 8.19. The first-order valence-corrected chi connectivity index (χ1v) is 9.89. The Morgan fingerprint density at radius 2 is 2.12 bits per heavy atom. The molecule has 2 amide bonds. The van der Waals surface area contributed by atoms with Crippen LogP contribution in [0.5, 0.6) is 0 Å². The number of aromatic nitrogens is 3. The summed E-state index contributed by atoms with van der Waals surface area (Å²) in [6, 6.07) is 0.217. The van der Waals surface area contributed by atoms with Gasteiger partial charge < -0.3 is 15.6 Å². The Bertz CT molecular complexity index is 812. The van der Waals surface area contributed by atoms with Crippen LogP contribution in [-0.4, -0.2) is 31.8 Å². The van der Waals surface area contributed by atoms with Gasteiger partial charge in [-0.05, 0) is 45.6 Å². The third kappa shape index (κ3) is 3.57. The topological polar surface area (TPSA) is 103 Å². The van der Waals surface area contributed by atoms with Crippen LogP contribution in [0.1, 0.15) is 54.0 Å². The maximum absolute atomic E-state index is 12.6. The second kappa shape index (κ2) is 7.17. The molecule has 3 rings (SSSR count). The Balaban J connectivity index is 1.74. The number of thiophene rings is 1. The van der Waals surface area contributed by atoms with Crippen molar-refractivity contribution < 1.29 is 9.59 Å². The molecule has 25 heavy (non-hydrogen) atoms. The number of nitrogens with zero attached hydrogens (tertiary/aromatic N) is 3. The summed E-state index contributed by atoms with van der Waals surface area (Å²) in [7, 11) is 0. The summed E-state index contributed by atoms with van der Waals surface area (Å²) in [6.07, 6.45) is 4.49. The second-order valence-electron chi connectivity index (χ2n) is 6.29. The lowest BCUT2D eigenvalue weighted by atomic mass is 10.1. The number of fused-ring (bicyclic) bond motifs is 1. The number of nitrogens with two attached hydrogens (primary N) is 1. The van der Waals surface area contributed by atoms with E-state index in [1.165, 1.54) is 23.1 Å². The van der Waals surface area contributed by atoms with Gasteiger partial charge in [0.05, 0.1) is 10.8 Å². The number of carbonyl (C=O) groups excluding carboxylic acids is 2. The van der Waals surface area contributed by atoms with E-state index in [-0.39, 0.29) is 17.2 Å². The van der Waals surface area contributed by atoms with Crippen molar-refractivity contribution in [2.75, 3.05) is 5.32 Å². The van der Waals surface area contributed by atoms with E-state index in [4.69, 9.17) is 5.73 Å². The number of aryl methyl sites for hydroxylation is 1. The first kappa shape index (κ1) is 17.9. The molecule has 0 bridgehead atoms. The molecule has 2 aromatic heterocycles. The SMILES string of the molecule is CC(C)n1cnnc1S[C@@H](C)C(=O)Nc1sc2c(c1C(N)=O)CCC2. The maximum atomic E-state index is 12.6. The number of rotatable bonds is 6. The Morgan fingerprint density at radius 1 is 1.36 bits per heavy atom. The van der Waals surface area contributed by atoms with Gasteiger partial charge in [-0.25, -0.2) is 0 Å². The Labute approximate surface area is 154 Å². The Morgan fingerprint density at radius 3 is 2.80 bits per heavy atom. The maximum Gasteiger partial charge on any atom is 0.251 e. The number of hydrogen-bond acceptors (Lipinski definition) is 6. The minimum Gasteiger partial charge on any atom is -0.365 e. The number of anilines is 1. The van der Waals surface area contributed by atoms with E-state index in [2.05, 4.69) is 15.5 Å². The van der Waals surface area contributed by atoms with Crippen molar-refractivity contribution in [3.63, 3.8) is 0 Å². The molecule has 0 saturated heterocycles. The van der Waals surface area contributed by atoms with E-state index < -0.39 is 5.91 Å². The fourth-order valence-electron chi connectivity index (χ4n) is 2.85. The van der Waals surface area contributed by atoms with Crippen LogP contribution in [0.25, 0.3) is 0 Å². The van der Waals surface area contributed by atoms with Crippen molar-refractivity contribution in [2.45, 2.75) is 56.5 Å². The van der Waals surface area contributed by atoms with Crippen molar-refractivity contribution in [3.05, 3.63) is 22.3 Å². The molecule has 0 radical (unpaired) electrons. The van der Waals surface area contributed by atoms with E-state index >= 15 is 0 Å². The van der Waals surface area contributed by atoms with Crippen LogP contribution in [0, 0.1) is 0 Å². The van der Waals surface area contributed by atoms with Gasteiger partial charge in [-0.2, -0.15) is 0 Å². The van der Waals surface area contributed by atoms with Gasteiger partial charge in [0.1, 0.15) is 11.3 Å². The third-order valence-corrected chi connectivity index (χ3v) is 6.43. The molecule has 0 unspecified atom stereocenters. The highest BCUT2D eigenvalue weighted by Gasteiger charge is 2.27. The van der Waals surface area contributed by atoms with Gasteiger partial charge in [0.15, 0.2) is 5.16 Å². The largest absolute Gasteiger partial charge is 0.365 e. The lowest BCUT2D eigenvalue weighted by Crippen LogP contribution is -2.24. The molecule has 1 aliphatic carbocycles. The molecule has 7 nitrogen and oxygen atoms in total. The standard InChI is InChI=1S/C16H21N5O2S2/c1-8(2)21-7-18-20-16(21)24-9(3)14(23)19-15-12(13(17)22)10-5-4-6-11(10)25-15/h7-9H,4-6H2,1-3H3,(H2,17,22)(H,19,23)/t9-/m0/s1. The summed E-state index contributed by atoms with van der Waals surface area (Å²) < 4.78 is 1.92. The number of nitrogens with one attached hydrogen (secondary N) is 1. The number of thioether (sulfide) groups is 1. The molecule has 3 N–H and O–H groups in total. The lowest BCUT2D eigenvalue weighted by molar-refractivity contribution is -0.115.